The number of nitrogens with one attached hydrogen (secondary N) is 1. The molecule has 1 aromatic heterocycles. The number of aromatic nitrogens is 1. The van der Waals surface area contributed by atoms with Crippen molar-refractivity contribution in [3.8, 4) is 11.5 Å². The highest BCUT2D eigenvalue weighted by Gasteiger charge is 2.27. The van der Waals surface area contributed by atoms with Gasteiger partial charge in [-0.2, -0.15) is 0 Å². The van der Waals surface area contributed by atoms with Crippen LogP contribution < -0.4 is 14.8 Å². The van der Waals surface area contributed by atoms with Gasteiger partial charge in [-0.25, -0.2) is 4.98 Å². The van der Waals surface area contributed by atoms with Gasteiger partial charge in [0.15, 0.2) is 11.5 Å². The lowest BCUT2D eigenvalue weighted by molar-refractivity contribution is 0.0706. The Morgan fingerprint density at radius 2 is 2.12 bits per heavy atom. The first-order chi connectivity index (χ1) is 12.2. The molecule has 1 aromatic carbocycles. The van der Waals surface area contributed by atoms with E-state index in [0.29, 0.717) is 23.0 Å². The topological polar surface area (TPSA) is 63.7 Å². The number of rotatable bonds is 3. The molecule has 2 aromatic rings. The average Bonchev–Trinajstić information content (AvgIpc) is 3.15. The normalized spacial score (nSPS) is 18.9. The molecule has 2 aliphatic heterocycles. The van der Waals surface area contributed by atoms with Crippen LogP contribution in [0.15, 0.2) is 36.5 Å². The zero-order valence-electron chi connectivity index (χ0n) is 14.2. The summed E-state index contributed by atoms with van der Waals surface area (Å²) in [5.74, 6) is 2.58. The van der Waals surface area contributed by atoms with Gasteiger partial charge in [-0.05, 0) is 48.7 Å². The van der Waals surface area contributed by atoms with Crippen molar-refractivity contribution in [2.75, 3.05) is 32.2 Å². The number of hydrogen-bond donors (Lipinski definition) is 1. The van der Waals surface area contributed by atoms with Gasteiger partial charge in [-0.15, -0.1) is 0 Å². The van der Waals surface area contributed by atoms with Crippen LogP contribution in [0.25, 0.3) is 0 Å². The summed E-state index contributed by atoms with van der Waals surface area (Å²) in [6, 6.07) is 9.50. The zero-order chi connectivity index (χ0) is 17.2. The second kappa shape index (κ2) is 6.63. The summed E-state index contributed by atoms with van der Waals surface area (Å²) >= 11 is 0. The minimum absolute atomic E-state index is 0.0471. The molecule has 1 saturated heterocycles. The molecule has 1 N–H and O–H groups in total. The van der Waals surface area contributed by atoms with E-state index < -0.39 is 0 Å². The molecular weight excluding hydrogens is 318 g/mol. The summed E-state index contributed by atoms with van der Waals surface area (Å²) in [5, 5.41) is 3.07. The zero-order valence-corrected chi connectivity index (χ0v) is 14.2. The molecule has 3 heterocycles. The maximum absolute atomic E-state index is 12.9. The summed E-state index contributed by atoms with van der Waals surface area (Å²) in [7, 11) is 1.86. The molecule has 0 radical (unpaired) electrons. The Labute approximate surface area is 146 Å². The number of hydrogen-bond acceptors (Lipinski definition) is 5. The van der Waals surface area contributed by atoms with E-state index in [4.69, 9.17) is 9.47 Å². The Morgan fingerprint density at radius 3 is 3.00 bits per heavy atom. The highest BCUT2D eigenvalue weighted by Crippen LogP contribution is 2.34. The molecule has 1 atom stereocenters. The fraction of sp³-hybridized carbons (Fsp3) is 0.368. The number of ether oxygens (including phenoxy) is 2. The second-order valence-corrected chi connectivity index (χ2v) is 6.38. The van der Waals surface area contributed by atoms with Gasteiger partial charge in [0.05, 0.1) is 0 Å². The third kappa shape index (κ3) is 3.12. The summed E-state index contributed by atoms with van der Waals surface area (Å²) in [4.78, 5) is 19.1. The molecule has 1 unspecified atom stereocenters. The Hall–Kier alpha value is -2.76. The smallest absolute Gasteiger partial charge is 0.254 e. The number of anilines is 1. The molecule has 2 aliphatic rings. The van der Waals surface area contributed by atoms with E-state index >= 15 is 0 Å². The minimum Gasteiger partial charge on any atom is -0.454 e. The van der Waals surface area contributed by atoms with Crippen LogP contribution in [0.5, 0.6) is 11.5 Å². The molecule has 0 aliphatic carbocycles. The summed E-state index contributed by atoms with van der Waals surface area (Å²) in [6.45, 7) is 1.72. The lowest BCUT2D eigenvalue weighted by Crippen LogP contribution is -2.39. The van der Waals surface area contributed by atoms with Crippen molar-refractivity contribution in [3.63, 3.8) is 0 Å². The Balaban J connectivity index is 1.51. The van der Waals surface area contributed by atoms with E-state index in [9.17, 15) is 4.79 Å². The van der Waals surface area contributed by atoms with Gasteiger partial charge in [-0.3, -0.25) is 4.79 Å². The predicted octanol–water partition coefficient (Wildman–Crippen LogP) is 2.87. The van der Waals surface area contributed by atoms with Crippen LogP contribution in [0.3, 0.4) is 0 Å². The van der Waals surface area contributed by atoms with E-state index in [1.54, 1.807) is 12.1 Å². The van der Waals surface area contributed by atoms with Crippen molar-refractivity contribution >= 4 is 11.7 Å². The van der Waals surface area contributed by atoms with E-state index in [1.165, 1.54) is 5.56 Å². The highest BCUT2D eigenvalue weighted by atomic mass is 16.7. The number of amides is 1. The van der Waals surface area contributed by atoms with Gasteiger partial charge in [0, 0.05) is 37.8 Å². The lowest BCUT2D eigenvalue weighted by Gasteiger charge is -2.33. The molecule has 0 spiro atoms. The average molecular weight is 339 g/mol. The fourth-order valence-electron chi connectivity index (χ4n) is 3.48. The molecule has 0 bridgehead atoms. The van der Waals surface area contributed by atoms with Gasteiger partial charge in [0.1, 0.15) is 5.82 Å². The summed E-state index contributed by atoms with van der Waals surface area (Å²) in [6.07, 6.45) is 3.90. The monoisotopic (exact) mass is 339 g/mol. The molecule has 1 fully saturated rings. The van der Waals surface area contributed by atoms with E-state index in [1.807, 2.05) is 30.3 Å². The van der Waals surface area contributed by atoms with Crippen LogP contribution in [0.4, 0.5) is 5.82 Å². The number of carbonyl (C=O) groups excluding carboxylic acids is 1. The molecule has 25 heavy (non-hydrogen) atoms. The maximum Gasteiger partial charge on any atom is 0.254 e. The van der Waals surface area contributed by atoms with Crippen molar-refractivity contribution in [1.82, 2.24) is 9.88 Å². The quantitative estimate of drug-likeness (QED) is 0.931. The first-order valence-corrected chi connectivity index (χ1v) is 8.57. The largest absolute Gasteiger partial charge is 0.454 e. The third-order valence-electron chi connectivity index (χ3n) is 4.84. The van der Waals surface area contributed by atoms with Crippen LogP contribution in [0, 0.1) is 0 Å². The van der Waals surface area contributed by atoms with Crippen LogP contribution in [0.1, 0.15) is 34.7 Å². The first-order valence-electron chi connectivity index (χ1n) is 8.57. The summed E-state index contributed by atoms with van der Waals surface area (Å²) < 4.78 is 10.7. The Bertz CT molecular complexity index is 793. The van der Waals surface area contributed by atoms with E-state index in [-0.39, 0.29) is 12.7 Å². The van der Waals surface area contributed by atoms with Crippen LogP contribution in [0.2, 0.25) is 0 Å². The van der Waals surface area contributed by atoms with Crippen LogP contribution in [-0.4, -0.2) is 42.7 Å². The minimum atomic E-state index is 0.0471. The fourth-order valence-corrected chi connectivity index (χ4v) is 3.48. The van der Waals surface area contributed by atoms with Gasteiger partial charge >= 0.3 is 0 Å². The number of piperidine rings is 1. The number of carbonyl (C=O) groups is 1. The van der Waals surface area contributed by atoms with Crippen molar-refractivity contribution in [2.24, 2.45) is 0 Å². The molecule has 0 saturated carbocycles. The van der Waals surface area contributed by atoms with Crippen molar-refractivity contribution in [2.45, 2.75) is 18.8 Å². The second-order valence-electron chi connectivity index (χ2n) is 6.38. The molecular formula is C19H21N3O3. The lowest BCUT2D eigenvalue weighted by atomic mass is 9.90. The number of fused-ring (bicyclic) bond motifs is 1. The Kier molecular flexibility index (Phi) is 4.17. The molecule has 130 valence electrons. The maximum atomic E-state index is 12.9. The van der Waals surface area contributed by atoms with Crippen LogP contribution in [-0.2, 0) is 0 Å². The molecule has 4 rings (SSSR count). The first kappa shape index (κ1) is 15.7. The SMILES string of the molecule is CNc1cc(C2CCCN(C(=O)c3ccc4c(c3)OCO4)C2)ccn1. The van der Waals surface area contributed by atoms with Crippen molar-refractivity contribution in [1.29, 1.82) is 0 Å². The van der Waals surface area contributed by atoms with Crippen LogP contribution >= 0.6 is 0 Å². The van der Waals surface area contributed by atoms with Gasteiger partial charge in [0.25, 0.3) is 5.91 Å². The molecule has 6 heteroatoms. The van der Waals surface area contributed by atoms with Crippen molar-refractivity contribution in [3.05, 3.63) is 47.7 Å². The third-order valence-corrected chi connectivity index (χ3v) is 4.84. The highest BCUT2D eigenvalue weighted by molar-refractivity contribution is 5.95. The number of nitrogens with zero attached hydrogens (tertiary/aromatic N) is 2. The standard InChI is InChI=1S/C19H21N3O3/c1-20-18-10-13(6-7-21-18)15-3-2-8-22(11-15)19(23)14-4-5-16-17(9-14)25-12-24-16/h4-7,9-10,15H,2-3,8,11-12H2,1H3,(H,20,21). The van der Waals surface area contributed by atoms with Crippen molar-refractivity contribution < 1.29 is 14.3 Å². The molecule has 1 amide bonds. The van der Waals surface area contributed by atoms with Gasteiger partial charge in [-0.1, -0.05) is 0 Å². The number of likely N-dealkylation sites (tertiary alicyclic amines) is 1. The molecule has 6 nitrogen and oxygen atoms in total. The summed E-state index contributed by atoms with van der Waals surface area (Å²) in [5.41, 5.74) is 1.87. The van der Waals surface area contributed by atoms with Gasteiger partial charge in [0.2, 0.25) is 6.79 Å². The predicted molar refractivity (Wildman–Crippen MR) is 94.2 cm³/mol. The van der Waals surface area contributed by atoms with E-state index in [0.717, 1.165) is 31.7 Å². The van der Waals surface area contributed by atoms with Gasteiger partial charge < -0.3 is 19.7 Å². The van der Waals surface area contributed by atoms with E-state index in [2.05, 4.69) is 16.4 Å². The number of benzene rings is 1. The number of pyridine rings is 1. The Morgan fingerprint density at radius 1 is 1.24 bits per heavy atom.